The third-order valence-corrected chi connectivity index (χ3v) is 8.70. The number of hydrogen-bond donors (Lipinski definition) is 6. The summed E-state index contributed by atoms with van der Waals surface area (Å²) < 4.78 is 26.0. The second-order valence-corrected chi connectivity index (χ2v) is 11.7. The van der Waals surface area contributed by atoms with Crippen molar-refractivity contribution in [2.45, 2.75) is 85.8 Å². The minimum Gasteiger partial charge on any atom is -0.388 e. The molecule has 0 spiro atoms. The van der Waals surface area contributed by atoms with E-state index in [1.165, 1.54) is 17.8 Å². The largest absolute Gasteiger partial charge is 0.388 e. The Morgan fingerprint density at radius 1 is 1.27 bits per heavy atom. The van der Waals surface area contributed by atoms with Crippen molar-refractivity contribution in [1.82, 2.24) is 16.0 Å². The summed E-state index contributed by atoms with van der Waals surface area (Å²) in [6, 6.07) is 5.37. The van der Waals surface area contributed by atoms with Crippen molar-refractivity contribution >= 4 is 29.3 Å². The topological polar surface area (TPSA) is 132 Å². The maximum atomic E-state index is 14.0. The van der Waals surface area contributed by atoms with Crippen molar-refractivity contribution in [3.63, 3.8) is 0 Å². The Kier molecular flexibility index (Phi) is 10.1. The number of hydrogen-bond acceptors (Lipinski definition) is 9. The van der Waals surface area contributed by atoms with Crippen LogP contribution in [0.5, 0.6) is 0 Å². The molecule has 6 N–H and O–H groups in total. The third-order valence-electron chi connectivity index (χ3n) is 7.58. The fourth-order valence-corrected chi connectivity index (χ4v) is 6.35. The van der Waals surface area contributed by atoms with Crippen LogP contribution in [0.15, 0.2) is 24.3 Å². The Bertz CT molecular complexity index is 917. The van der Waals surface area contributed by atoms with Crippen molar-refractivity contribution in [3.8, 4) is 0 Å². The van der Waals surface area contributed by atoms with Crippen LogP contribution in [-0.2, 0) is 20.8 Å². The number of rotatable bonds is 8. The van der Waals surface area contributed by atoms with Crippen molar-refractivity contribution in [3.05, 3.63) is 35.6 Å². The molecular weight excluding hydrogens is 525 g/mol. The first-order valence-corrected chi connectivity index (χ1v) is 14.4. The van der Waals surface area contributed by atoms with Gasteiger partial charge in [-0.3, -0.25) is 4.79 Å². The fourth-order valence-electron chi connectivity index (χ4n) is 5.46. The van der Waals surface area contributed by atoms with Crippen LogP contribution in [0, 0.1) is 11.7 Å². The minimum atomic E-state index is -1.43. The van der Waals surface area contributed by atoms with E-state index in [2.05, 4.69) is 16.0 Å². The molecule has 0 radical (unpaired) electrons. The average Bonchev–Trinajstić information content (AvgIpc) is 3.16. The molecule has 0 aromatic heterocycles. The molecule has 3 aliphatic heterocycles. The molecule has 12 heteroatoms. The number of aliphatic hydroxyl groups excluding tert-OH is 3. The maximum Gasteiger partial charge on any atom is 0.240 e. The van der Waals surface area contributed by atoms with E-state index < -0.39 is 47.3 Å². The van der Waals surface area contributed by atoms with E-state index in [4.69, 9.17) is 21.1 Å². The summed E-state index contributed by atoms with van der Waals surface area (Å²) in [5, 5.41) is 40.1. The quantitative estimate of drug-likeness (QED) is 0.249. The van der Waals surface area contributed by atoms with Crippen molar-refractivity contribution in [2.24, 2.45) is 5.92 Å². The number of nitrogens with one attached hydrogen (secondary N) is 3. The lowest BCUT2D eigenvalue weighted by Crippen LogP contribution is -2.65. The van der Waals surface area contributed by atoms with Crippen molar-refractivity contribution in [2.75, 3.05) is 19.4 Å². The minimum absolute atomic E-state index is 0.0811. The summed E-state index contributed by atoms with van der Waals surface area (Å²) in [4.78, 5) is 13.4. The summed E-state index contributed by atoms with van der Waals surface area (Å²) in [5.74, 6) is -0.490. The van der Waals surface area contributed by atoms with Gasteiger partial charge >= 0.3 is 0 Å². The van der Waals surface area contributed by atoms with E-state index >= 15 is 0 Å². The highest BCUT2D eigenvalue weighted by Gasteiger charge is 2.49. The van der Waals surface area contributed by atoms with Crippen LogP contribution in [0.2, 0.25) is 0 Å². The predicted molar refractivity (Wildman–Crippen MR) is 139 cm³/mol. The summed E-state index contributed by atoms with van der Waals surface area (Å²) >= 11 is 7.60. The lowest BCUT2D eigenvalue weighted by atomic mass is 9.92. The van der Waals surface area contributed by atoms with Gasteiger partial charge in [0.2, 0.25) is 5.91 Å². The highest BCUT2D eigenvalue weighted by atomic mass is 35.5. The molecule has 3 heterocycles. The number of thioether (sulfide) groups is 1. The van der Waals surface area contributed by atoms with Gasteiger partial charge in [-0.1, -0.05) is 18.2 Å². The predicted octanol–water partition coefficient (Wildman–Crippen LogP) is 0.334. The Morgan fingerprint density at radius 2 is 2.03 bits per heavy atom. The molecule has 3 saturated heterocycles. The van der Waals surface area contributed by atoms with Gasteiger partial charge in [0.05, 0.1) is 17.5 Å². The monoisotopic (exact) mass is 561 g/mol. The van der Waals surface area contributed by atoms with Crippen LogP contribution in [0.3, 0.4) is 0 Å². The van der Waals surface area contributed by atoms with Crippen LogP contribution >= 0.6 is 23.4 Å². The highest BCUT2D eigenvalue weighted by molar-refractivity contribution is 7.99. The van der Waals surface area contributed by atoms with Gasteiger partial charge in [-0.05, 0) is 32.1 Å². The van der Waals surface area contributed by atoms with E-state index in [0.29, 0.717) is 25.3 Å². The molecule has 1 amide bonds. The molecule has 1 aromatic rings. The molecule has 0 aliphatic carbocycles. The maximum absolute atomic E-state index is 14.0. The van der Waals surface area contributed by atoms with Gasteiger partial charge in [0, 0.05) is 37.2 Å². The number of carbonyl (C=O) groups excluding carboxylic acids is 1. The normalized spacial score (nSPS) is 37.9. The Morgan fingerprint density at radius 3 is 2.73 bits per heavy atom. The fraction of sp³-hybridized carbons (Fsp3) is 0.720. The number of amides is 1. The smallest absolute Gasteiger partial charge is 0.240 e. The SMILES string of the molecule is CSC1O[C@H]([C@H](NC(=O)[C@H]2NC[C@@H]3CC(NCc4ccccc4F)CCO[C@H]32)[C@H](C)Cl)C(O)[C@@H](O)[C@H]1O. The molecule has 3 fully saturated rings. The van der Waals surface area contributed by atoms with E-state index in [0.717, 1.165) is 12.8 Å². The van der Waals surface area contributed by atoms with Crippen LogP contribution in [0.25, 0.3) is 0 Å². The summed E-state index contributed by atoms with van der Waals surface area (Å²) in [5.41, 5.74) is -0.160. The van der Waals surface area contributed by atoms with Gasteiger partial charge in [-0.25, -0.2) is 4.39 Å². The van der Waals surface area contributed by atoms with Crippen molar-refractivity contribution < 1.29 is 34.0 Å². The molecule has 1 aromatic carbocycles. The van der Waals surface area contributed by atoms with Gasteiger partial charge in [0.1, 0.15) is 41.7 Å². The summed E-state index contributed by atoms with van der Waals surface area (Å²) in [7, 11) is 0. The van der Waals surface area contributed by atoms with Crippen LogP contribution < -0.4 is 16.0 Å². The average molecular weight is 562 g/mol. The van der Waals surface area contributed by atoms with E-state index in [1.54, 1.807) is 25.3 Å². The van der Waals surface area contributed by atoms with Crippen LogP contribution in [-0.4, -0.2) is 100 Å². The Hall–Kier alpha value is -1.02. The molecule has 11 atom stereocenters. The number of aliphatic hydroxyl groups is 3. The molecule has 4 rings (SSSR count). The summed E-state index contributed by atoms with van der Waals surface area (Å²) in [6.45, 7) is 3.14. The molecule has 3 aliphatic rings. The number of carbonyl (C=O) groups is 1. The van der Waals surface area contributed by atoms with E-state index in [9.17, 15) is 24.5 Å². The molecule has 37 heavy (non-hydrogen) atoms. The molecule has 208 valence electrons. The van der Waals surface area contributed by atoms with Gasteiger partial charge in [0.25, 0.3) is 0 Å². The first-order chi connectivity index (χ1) is 17.7. The van der Waals surface area contributed by atoms with E-state index in [1.807, 2.05) is 6.07 Å². The van der Waals surface area contributed by atoms with Crippen molar-refractivity contribution in [1.29, 1.82) is 0 Å². The number of alkyl halides is 1. The molecule has 0 bridgehead atoms. The number of halogens is 2. The van der Waals surface area contributed by atoms with Gasteiger partial charge in [0.15, 0.2) is 0 Å². The first kappa shape index (κ1) is 29.0. The number of fused-ring (bicyclic) bond motifs is 1. The zero-order valence-electron chi connectivity index (χ0n) is 20.9. The standard InChI is InChI=1S/C25H37ClFN3O6S/c1-12(26)17(23-20(32)19(31)21(33)25(36-23)37-2)30-24(34)18-22-14(11-29-18)9-15(7-8-35-22)28-10-13-5-3-4-6-16(13)27/h3-6,12,14-15,17-23,25,28-29,31-33H,7-11H2,1-2H3,(H,30,34)/t12-,14-,15?,17+,18-,19+,20?,21+,22+,23+,25?/m0/s1. The Balaban J connectivity index is 1.37. The lowest BCUT2D eigenvalue weighted by Gasteiger charge is -2.44. The van der Waals surface area contributed by atoms with Gasteiger partial charge in [-0.15, -0.1) is 23.4 Å². The number of ether oxygens (including phenoxy) is 2. The zero-order valence-corrected chi connectivity index (χ0v) is 22.5. The van der Waals surface area contributed by atoms with Gasteiger partial charge in [-0.2, -0.15) is 0 Å². The summed E-state index contributed by atoms with van der Waals surface area (Å²) in [6.07, 6.45) is -2.24. The van der Waals surface area contributed by atoms with Gasteiger partial charge < -0.3 is 40.7 Å². The van der Waals surface area contributed by atoms with Crippen LogP contribution in [0.4, 0.5) is 4.39 Å². The molecule has 3 unspecified atom stereocenters. The zero-order chi connectivity index (χ0) is 26.7. The highest BCUT2D eigenvalue weighted by Crippen LogP contribution is 2.31. The molecule has 0 saturated carbocycles. The lowest BCUT2D eigenvalue weighted by molar-refractivity contribution is -0.205. The second-order valence-electron chi connectivity index (χ2n) is 10.1. The first-order valence-electron chi connectivity index (χ1n) is 12.7. The third kappa shape index (κ3) is 6.59. The second kappa shape index (κ2) is 12.9. The molecular formula is C25H37ClFN3O6S. The number of benzene rings is 1. The Labute approximate surface area is 225 Å². The van der Waals surface area contributed by atoms with E-state index in [-0.39, 0.29) is 29.8 Å². The molecule has 9 nitrogen and oxygen atoms in total. The van der Waals surface area contributed by atoms with Crippen LogP contribution in [0.1, 0.15) is 25.3 Å².